The number of amidine groups is 1. The van der Waals surface area contributed by atoms with Gasteiger partial charge in [0.15, 0.2) is 0 Å². The van der Waals surface area contributed by atoms with Gasteiger partial charge in [-0.2, -0.15) is 4.98 Å². The molecule has 94 valence electrons. The van der Waals surface area contributed by atoms with Gasteiger partial charge < -0.3 is 15.4 Å². The van der Waals surface area contributed by atoms with Crippen molar-refractivity contribution in [1.82, 2.24) is 4.98 Å². The molecule has 5 heteroatoms. The molecule has 0 aliphatic heterocycles. The van der Waals surface area contributed by atoms with Crippen LogP contribution in [0.1, 0.15) is 20.3 Å². The molecule has 1 rings (SSSR count). The third kappa shape index (κ3) is 3.94. The first-order chi connectivity index (χ1) is 8.04. The van der Waals surface area contributed by atoms with Crippen LogP contribution in [0.15, 0.2) is 18.2 Å². The van der Waals surface area contributed by atoms with Crippen LogP contribution in [0.25, 0.3) is 0 Å². The highest BCUT2D eigenvalue weighted by atomic mass is 16.5. The summed E-state index contributed by atoms with van der Waals surface area (Å²) in [4.78, 5) is 6.48. The lowest BCUT2D eigenvalue weighted by atomic mass is 10.2. The lowest BCUT2D eigenvalue weighted by molar-refractivity contribution is 0.397. The molecule has 0 amide bonds. The van der Waals surface area contributed by atoms with E-state index in [9.17, 15) is 0 Å². The van der Waals surface area contributed by atoms with Crippen LogP contribution in [0.5, 0.6) is 5.88 Å². The van der Waals surface area contributed by atoms with Crippen molar-refractivity contribution in [3.63, 3.8) is 0 Å². The number of nitrogens with zero attached hydrogens (tertiary/aromatic N) is 2. The molecule has 0 saturated carbocycles. The number of pyridine rings is 1. The molecule has 0 spiro atoms. The molecule has 0 saturated heterocycles. The average molecular weight is 236 g/mol. The van der Waals surface area contributed by atoms with Crippen molar-refractivity contribution < 1.29 is 4.74 Å². The van der Waals surface area contributed by atoms with Crippen LogP contribution >= 0.6 is 0 Å². The number of hydrogen-bond donors (Lipinski definition) is 2. The molecular formula is C12H20N4O. The van der Waals surface area contributed by atoms with E-state index in [4.69, 9.17) is 15.9 Å². The van der Waals surface area contributed by atoms with Gasteiger partial charge in [-0.1, -0.05) is 6.07 Å². The summed E-state index contributed by atoms with van der Waals surface area (Å²) >= 11 is 0. The maximum atomic E-state index is 7.28. The smallest absolute Gasteiger partial charge is 0.214 e. The molecule has 1 heterocycles. The van der Waals surface area contributed by atoms with E-state index >= 15 is 0 Å². The molecule has 17 heavy (non-hydrogen) atoms. The third-order valence-corrected chi connectivity index (χ3v) is 2.46. The molecule has 0 aromatic carbocycles. The van der Waals surface area contributed by atoms with Gasteiger partial charge >= 0.3 is 0 Å². The molecule has 0 atom stereocenters. The van der Waals surface area contributed by atoms with Gasteiger partial charge in [-0.15, -0.1) is 0 Å². The van der Waals surface area contributed by atoms with Crippen LogP contribution in [-0.2, 0) is 0 Å². The summed E-state index contributed by atoms with van der Waals surface area (Å²) in [5.74, 6) is 1.63. The van der Waals surface area contributed by atoms with E-state index in [0.717, 1.165) is 5.82 Å². The molecule has 1 aromatic heterocycles. The number of nitrogens with two attached hydrogens (primary N) is 1. The Balaban J connectivity index is 2.84. The number of rotatable bonds is 6. The van der Waals surface area contributed by atoms with Gasteiger partial charge in [0.2, 0.25) is 5.88 Å². The zero-order valence-corrected chi connectivity index (χ0v) is 10.6. The van der Waals surface area contributed by atoms with Crippen molar-refractivity contribution in [3.05, 3.63) is 18.2 Å². The van der Waals surface area contributed by atoms with E-state index in [0.29, 0.717) is 24.9 Å². The van der Waals surface area contributed by atoms with Gasteiger partial charge in [0.05, 0.1) is 12.9 Å². The summed E-state index contributed by atoms with van der Waals surface area (Å²) in [5, 5.41) is 7.28. The molecule has 5 nitrogen and oxygen atoms in total. The SMILES string of the molecule is COc1cccc(N(CCC(=N)N)C(C)C)n1. The predicted molar refractivity (Wildman–Crippen MR) is 69.8 cm³/mol. The summed E-state index contributed by atoms with van der Waals surface area (Å²) in [7, 11) is 1.60. The second-order valence-corrected chi connectivity index (χ2v) is 4.10. The topological polar surface area (TPSA) is 75.2 Å². The molecule has 0 aliphatic rings. The summed E-state index contributed by atoms with van der Waals surface area (Å²) in [6.45, 7) is 4.86. The zero-order valence-electron chi connectivity index (χ0n) is 10.6. The normalized spacial score (nSPS) is 10.4. The van der Waals surface area contributed by atoms with E-state index in [-0.39, 0.29) is 5.84 Å². The Bertz CT molecular complexity index is 379. The Morgan fingerprint density at radius 2 is 2.24 bits per heavy atom. The van der Waals surface area contributed by atoms with Crippen LogP contribution < -0.4 is 15.4 Å². The second-order valence-electron chi connectivity index (χ2n) is 4.10. The van der Waals surface area contributed by atoms with Crippen LogP contribution in [0.4, 0.5) is 5.82 Å². The lowest BCUT2D eigenvalue weighted by Gasteiger charge is -2.27. The Hall–Kier alpha value is -1.78. The number of methoxy groups -OCH3 is 1. The van der Waals surface area contributed by atoms with E-state index in [1.165, 1.54) is 0 Å². The summed E-state index contributed by atoms with van der Waals surface area (Å²) < 4.78 is 5.11. The van der Waals surface area contributed by atoms with Gasteiger partial charge in [0, 0.05) is 25.1 Å². The Kier molecular flexibility index (Phi) is 4.75. The standard InChI is InChI=1S/C12H20N4O/c1-9(2)16(8-7-10(13)14)11-5-4-6-12(15-11)17-3/h4-6,9H,7-8H2,1-3H3,(H3,13,14). The first-order valence-electron chi connectivity index (χ1n) is 5.65. The largest absolute Gasteiger partial charge is 0.481 e. The van der Waals surface area contributed by atoms with E-state index in [1.807, 2.05) is 18.2 Å². The van der Waals surface area contributed by atoms with Gasteiger partial charge in [0.25, 0.3) is 0 Å². The fourth-order valence-electron chi connectivity index (χ4n) is 1.56. The number of aromatic nitrogens is 1. The zero-order chi connectivity index (χ0) is 12.8. The van der Waals surface area contributed by atoms with Crippen molar-refractivity contribution in [2.75, 3.05) is 18.6 Å². The van der Waals surface area contributed by atoms with Gasteiger partial charge in [-0.05, 0) is 19.9 Å². The quantitative estimate of drug-likeness (QED) is 0.581. The van der Waals surface area contributed by atoms with Crippen molar-refractivity contribution in [1.29, 1.82) is 5.41 Å². The van der Waals surface area contributed by atoms with Crippen LogP contribution in [-0.4, -0.2) is 30.5 Å². The average Bonchev–Trinajstić information content (AvgIpc) is 2.28. The van der Waals surface area contributed by atoms with Crippen LogP contribution in [0, 0.1) is 5.41 Å². The minimum absolute atomic E-state index is 0.193. The highest BCUT2D eigenvalue weighted by molar-refractivity contribution is 5.77. The highest BCUT2D eigenvalue weighted by Crippen LogP contribution is 2.18. The minimum atomic E-state index is 0.193. The first-order valence-corrected chi connectivity index (χ1v) is 5.65. The maximum Gasteiger partial charge on any atom is 0.214 e. The Morgan fingerprint density at radius 3 is 2.76 bits per heavy atom. The van der Waals surface area contributed by atoms with E-state index < -0.39 is 0 Å². The van der Waals surface area contributed by atoms with Crippen molar-refractivity contribution in [3.8, 4) is 5.88 Å². The van der Waals surface area contributed by atoms with Gasteiger partial charge in [0.1, 0.15) is 5.82 Å². The highest BCUT2D eigenvalue weighted by Gasteiger charge is 2.12. The molecule has 0 unspecified atom stereocenters. The number of anilines is 1. The maximum absolute atomic E-state index is 7.28. The molecule has 0 bridgehead atoms. The number of hydrogen-bond acceptors (Lipinski definition) is 4. The predicted octanol–water partition coefficient (Wildman–Crippen LogP) is 1.63. The third-order valence-electron chi connectivity index (χ3n) is 2.46. The van der Waals surface area contributed by atoms with Gasteiger partial charge in [-0.25, -0.2) is 0 Å². The van der Waals surface area contributed by atoms with Crippen LogP contribution in [0.2, 0.25) is 0 Å². The second kappa shape index (κ2) is 6.08. The van der Waals surface area contributed by atoms with Crippen LogP contribution in [0.3, 0.4) is 0 Å². The fourth-order valence-corrected chi connectivity index (χ4v) is 1.56. The summed E-state index contributed by atoms with van der Waals surface area (Å²) in [6, 6.07) is 5.95. The minimum Gasteiger partial charge on any atom is -0.481 e. The fraction of sp³-hybridized carbons (Fsp3) is 0.500. The number of ether oxygens (including phenoxy) is 1. The van der Waals surface area contributed by atoms with Crippen molar-refractivity contribution >= 4 is 11.7 Å². The molecule has 3 N–H and O–H groups in total. The summed E-state index contributed by atoms with van der Waals surface area (Å²) in [6.07, 6.45) is 0.539. The molecule has 0 aliphatic carbocycles. The summed E-state index contributed by atoms with van der Waals surface area (Å²) in [5.41, 5.74) is 5.39. The Morgan fingerprint density at radius 1 is 1.53 bits per heavy atom. The van der Waals surface area contributed by atoms with E-state index in [2.05, 4.69) is 23.7 Å². The molecule has 0 fully saturated rings. The Labute approximate surface area is 102 Å². The van der Waals surface area contributed by atoms with Gasteiger partial charge in [-0.3, -0.25) is 5.41 Å². The van der Waals surface area contributed by atoms with E-state index in [1.54, 1.807) is 7.11 Å². The first kappa shape index (κ1) is 13.3. The van der Waals surface area contributed by atoms with Crippen molar-refractivity contribution in [2.24, 2.45) is 5.73 Å². The molecule has 1 aromatic rings. The monoisotopic (exact) mass is 236 g/mol. The van der Waals surface area contributed by atoms with Crippen molar-refractivity contribution in [2.45, 2.75) is 26.3 Å². The number of nitrogens with one attached hydrogen (secondary N) is 1. The molecule has 0 radical (unpaired) electrons. The molecular weight excluding hydrogens is 216 g/mol. The lowest BCUT2D eigenvalue weighted by Crippen LogP contribution is -2.34.